The van der Waals surface area contributed by atoms with E-state index in [1.54, 1.807) is 30.3 Å². The second-order valence-electron chi connectivity index (χ2n) is 4.74. The van der Waals surface area contributed by atoms with Gasteiger partial charge in [-0.3, -0.25) is 4.79 Å². The predicted molar refractivity (Wildman–Crippen MR) is 92.6 cm³/mol. The second-order valence-corrected chi connectivity index (χ2v) is 5.59. The van der Waals surface area contributed by atoms with Crippen molar-refractivity contribution in [1.82, 2.24) is 5.32 Å². The van der Waals surface area contributed by atoms with E-state index in [1.807, 2.05) is 6.07 Å². The Hall–Kier alpha value is -2.26. The molecule has 0 atom stereocenters. The van der Waals surface area contributed by atoms with E-state index in [0.29, 0.717) is 40.3 Å². The van der Waals surface area contributed by atoms with Gasteiger partial charge in [0.15, 0.2) is 0 Å². The Bertz CT molecular complexity index is 806. The van der Waals surface area contributed by atoms with E-state index < -0.39 is 5.91 Å². The lowest BCUT2D eigenvalue weighted by Gasteiger charge is -2.02. The molecule has 0 bridgehead atoms. The fourth-order valence-electron chi connectivity index (χ4n) is 1.91. The Balaban J connectivity index is 2.21. The van der Waals surface area contributed by atoms with Crippen molar-refractivity contribution in [3.8, 4) is 17.4 Å². The summed E-state index contributed by atoms with van der Waals surface area (Å²) in [6.45, 7) is 0.679. The minimum absolute atomic E-state index is 0.0656. The van der Waals surface area contributed by atoms with Crippen LogP contribution < -0.4 is 5.32 Å². The summed E-state index contributed by atoms with van der Waals surface area (Å²) in [7, 11) is 1.53. The van der Waals surface area contributed by atoms with Crippen molar-refractivity contribution in [3.63, 3.8) is 0 Å². The molecule has 124 valence electrons. The highest BCUT2D eigenvalue weighted by atomic mass is 35.5. The van der Waals surface area contributed by atoms with Gasteiger partial charge in [-0.2, -0.15) is 5.26 Å². The normalized spacial score (nSPS) is 11.2. The zero-order chi connectivity index (χ0) is 17.5. The van der Waals surface area contributed by atoms with Crippen molar-refractivity contribution >= 4 is 35.2 Å². The van der Waals surface area contributed by atoms with Crippen LogP contribution in [0.3, 0.4) is 0 Å². The molecule has 2 rings (SSSR count). The van der Waals surface area contributed by atoms with Crippen molar-refractivity contribution in [2.24, 2.45) is 0 Å². The lowest BCUT2D eigenvalue weighted by molar-refractivity contribution is -0.117. The highest BCUT2D eigenvalue weighted by Crippen LogP contribution is 2.32. The summed E-state index contributed by atoms with van der Waals surface area (Å²) in [5.41, 5.74) is 0.566. The number of carbonyl (C=O) groups is 1. The third kappa shape index (κ3) is 4.62. The number of rotatable bonds is 6. The number of furan rings is 1. The first-order chi connectivity index (χ1) is 11.5. The van der Waals surface area contributed by atoms with Crippen molar-refractivity contribution < 1.29 is 13.9 Å². The minimum atomic E-state index is -0.492. The van der Waals surface area contributed by atoms with Gasteiger partial charge in [-0.25, -0.2) is 0 Å². The molecule has 1 heterocycles. The number of benzene rings is 1. The first-order valence-electron chi connectivity index (χ1n) is 6.99. The van der Waals surface area contributed by atoms with Gasteiger partial charge in [0, 0.05) is 30.3 Å². The van der Waals surface area contributed by atoms with Crippen LogP contribution in [0.4, 0.5) is 0 Å². The molecule has 1 N–H and O–H groups in total. The lowest BCUT2D eigenvalue weighted by Crippen LogP contribution is -2.27. The fourth-order valence-corrected chi connectivity index (χ4v) is 2.30. The molecule has 0 radical (unpaired) electrons. The molecule has 1 amide bonds. The zero-order valence-electron chi connectivity index (χ0n) is 12.8. The van der Waals surface area contributed by atoms with Crippen LogP contribution in [0.25, 0.3) is 17.4 Å². The summed E-state index contributed by atoms with van der Waals surface area (Å²) in [4.78, 5) is 11.9. The fraction of sp³-hybridized carbons (Fsp3) is 0.176. The summed E-state index contributed by atoms with van der Waals surface area (Å²) >= 11 is 12.1. The van der Waals surface area contributed by atoms with Gasteiger partial charge >= 0.3 is 0 Å². The molecule has 5 nitrogen and oxygen atoms in total. The SMILES string of the molecule is COCCNC(=O)C(C#N)=Cc1ccc(-c2cc(Cl)ccc2Cl)o1. The molecule has 7 heteroatoms. The van der Waals surface area contributed by atoms with Crippen LogP contribution in [0.15, 0.2) is 40.3 Å². The predicted octanol–water partition coefficient (Wildman–Crippen LogP) is 3.92. The highest BCUT2D eigenvalue weighted by Gasteiger charge is 2.12. The third-order valence-corrected chi connectivity index (χ3v) is 3.63. The van der Waals surface area contributed by atoms with E-state index >= 15 is 0 Å². The number of hydrogen-bond acceptors (Lipinski definition) is 4. The van der Waals surface area contributed by atoms with Crippen molar-refractivity contribution in [2.45, 2.75) is 0 Å². The Morgan fingerprint density at radius 1 is 1.38 bits per heavy atom. The highest BCUT2D eigenvalue weighted by molar-refractivity contribution is 6.35. The van der Waals surface area contributed by atoms with Gasteiger partial charge in [-0.05, 0) is 30.3 Å². The quantitative estimate of drug-likeness (QED) is 0.478. The summed E-state index contributed by atoms with van der Waals surface area (Å²) in [5.74, 6) is 0.360. The number of carbonyl (C=O) groups excluding carboxylic acids is 1. The summed E-state index contributed by atoms with van der Waals surface area (Å²) in [5, 5.41) is 12.7. The molecule has 0 aliphatic carbocycles. The molecule has 24 heavy (non-hydrogen) atoms. The molecule has 0 fully saturated rings. The number of nitrogens with zero attached hydrogens (tertiary/aromatic N) is 1. The van der Waals surface area contributed by atoms with Crippen LogP contribution in [-0.2, 0) is 9.53 Å². The largest absolute Gasteiger partial charge is 0.457 e. The molecule has 1 aromatic heterocycles. The van der Waals surface area contributed by atoms with E-state index in [0.717, 1.165) is 0 Å². The maximum atomic E-state index is 11.9. The van der Waals surface area contributed by atoms with E-state index in [9.17, 15) is 4.79 Å². The Morgan fingerprint density at radius 2 is 2.17 bits per heavy atom. The van der Waals surface area contributed by atoms with Crippen molar-refractivity contribution in [1.29, 1.82) is 5.26 Å². The van der Waals surface area contributed by atoms with Gasteiger partial charge < -0.3 is 14.5 Å². The number of ether oxygens (including phenoxy) is 1. The van der Waals surface area contributed by atoms with Crippen LogP contribution in [-0.4, -0.2) is 26.2 Å². The number of hydrogen-bond donors (Lipinski definition) is 1. The van der Waals surface area contributed by atoms with Crippen LogP contribution >= 0.6 is 23.2 Å². The monoisotopic (exact) mass is 364 g/mol. The average molecular weight is 365 g/mol. The second kappa shape index (κ2) is 8.55. The van der Waals surface area contributed by atoms with Crippen LogP contribution in [0.1, 0.15) is 5.76 Å². The van der Waals surface area contributed by atoms with E-state index in [4.69, 9.17) is 37.6 Å². The molecule has 0 aliphatic rings. The third-order valence-electron chi connectivity index (χ3n) is 3.06. The minimum Gasteiger partial charge on any atom is -0.457 e. The first-order valence-corrected chi connectivity index (χ1v) is 7.75. The summed E-state index contributed by atoms with van der Waals surface area (Å²) < 4.78 is 10.5. The van der Waals surface area contributed by atoms with Crippen LogP contribution in [0.5, 0.6) is 0 Å². The molecule has 0 saturated heterocycles. The molecular formula is C17H14Cl2N2O3. The van der Waals surface area contributed by atoms with E-state index in [1.165, 1.54) is 13.2 Å². The smallest absolute Gasteiger partial charge is 0.262 e. The standard InChI is InChI=1S/C17H14Cl2N2O3/c1-23-7-6-21-17(22)11(10-20)8-13-3-5-16(24-13)14-9-12(18)2-4-15(14)19/h2-5,8-9H,6-7H2,1H3,(H,21,22). The molecular weight excluding hydrogens is 351 g/mol. The average Bonchev–Trinajstić information content (AvgIpc) is 3.03. The van der Waals surface area contributed by atoms with Gasteiger partial charge in [0.2, 0.25) is 0 Å². The number of nitrogens with one attached hydrogen (secondary N) is 1. The number of methoxy groups -OCH3 is 1. The number of halogens is 2. The maximum Gasteiger partial charge on any atom is 0.262 e. The topological polar surface area (TPSA) is 75.3 Å². The number of nitriles is 1. The van der Waals surface area contributed by atoms with Crippen LogP contribution in [0, 0.1) is 11.3 Å². The number of amides is 1. The molecule has 0 spiro atoms. The van der Waals surface area contributed by atoms with Crippen molar-refractivity contribution in [3.05, 3.63) is 51.7 Å². The molecule has 1 aromatic carbocycles. The van der Waals surface area contributed by atoms with Gasteiger partial charge in [0.25, 0.3) is 5.91 Å². The van der Waals surface area contributed by atoms with Gasteiger partial charge in [0.1, 0.15) is 23.2 Å². The summed E-state index contributed by atoms with van der Waals surface area (Å²) in [6, 6.07) is 10.2. The first kappa shape index (κ1) is 18.1. The summed E-state index contributed by atoms with van der Waals surface area (Å²) in [6.07, 6.45) is 1.37. The van der Waals surface area contributed by atoms with Crippen LogP contribution in [0.2, 0.25) is 10.0 Å². The molecule has 0 aliphatic heterocycles. The Labute approximate surface area is 149 Å². The van der Waals surface area contributed by atoms with Gasteiger partial charge in [-0.15, -0.1) is 0 Å². The van der Waals surface area contributed by atoms with Gasteiger partial charge in [0.05, 0.1) is 11.6 Å². The molecule has 2 aromatic rings. The van der Waals surface area contributed by atoms with E-state index in [-0.39, 0.29) is 5.57 Å². The molecule has 0 saturated carbocycles. The zero-order valence-corrected chi connectivity index (χ0v) is 14.3. The maximum absolute atomic E-state index is 11.9. The molecule has 0 unspecified atom stereocenters. The Kier molecular flexibility index (Phi) is 6.44. The van der Waals surface area contributed by atoms with Gasteiger partial charge in [-0.1, -0.05) is 23.2 Å². The van der Waals surface area contributed by atoms with E-state index in [2.05, 4.69) is 5.32 Å². The van der Waals surface area contributed by atoms with Crippen molar-refractivity contribution in [2.75, 3.05) is 20.3 Å². The lowest BCUT2D eigenvalue weighted by atomic mass is 10.2. The Morgan fingerprint density at radius 3 is 2.88 bits per heavy atom.